The third-order valence-corrected chi connectivity index (χ3v) is 9.34. The van der Waals surface area contributed by atoms with Crippen molar-refractivity contribution in [2.45, 2.75) is 18.0 Å². The molecule has 11 nitrogen and oxygen atoms in total. The summed E-state index contributed by atoms with van der Waals surface area (Å²) in [5.74, 6) is -5.14. The average molecular weight is 775 g/mol. The maximum absolute atomic E-state index is 15.3. The third kappa shape index (κ3) is 8.41. The number of carbonyl (C=O) groups is 2. The zero-order valence-electron chi connectivity index (χ0n) is 29.1. The van der Waals surface area contributed by atoms with E-state index in [-0.39, 0.29) is 47.0 Å². The zero-order valence-corrected chi connectivity index (χ0v) is 31.6. The molecule has 0 spiro atoms. The number of amides is 2. The number of aromatic nitrogens is 2. The molecule has 2 aliphatic heterocycles. The normalized spacial score (nSPS) is 16.7. The van der Waals surface area contributed by atoms with Gasteiger partial charge in [0.05, 0.1) is 42.9 Å². The van der Waals surface area contributed by atoms with E-state index in [1.165, 1.54) is 57.5 Å². The van der Waals surface area contributed by atoms with E-state index in [0.717, 1.165) is 42.7 Å². The van der Waals surface area contributed by atoms with Crippen molar-refractivity contribution in [1.82, 2.24) is 14.1 Å². The van der Waals surface area contributed by atoms with Crippen LogP contribution in [-0.4, -0.2) is 91.8 Å². The van der Waals surface area contributed by atoms with Crippen molar-refractivity contribution in [3.63, 3.8) is 0 Å². The van der Waals surface area contributed by atoms with E-state index in [1.54, 1.807) is 23.5 Å². The van der Waals surface area contributed by atoms with E-state index in [4.69, 9.17) is 4.74 Å². The van der Waals surface area contributed by atoms with Gasteiger partial charge in [-0.25, -0.2) is 12.8 Å². The number of anilines is 2. The maximum Gasteiger partial charge on any atom is 0.298 e. The molecule has 2 atom stereocenters. The number of benzene rings is 3. The fourth-order valence-electron chi connectivity index (χ4n) is 5.78. The maximum atomic E-state index is 15.3. The van der Waals surface area contributed by atoms with Crippen LogP contribution in [0.5, 0.6) is 5.75 Å². The number of rotatable bonds is 7. The summed E-state index contributed by atoms with van der Waals surface area (Å²) in [6, 6.07) is 13.6. The predicted octanol–water partition coefficient (Wildman–Crippen LogP) is 6.10. The van der Waals surface area contributed by atoms with Gasteiger partial charge in [0.2, 0.25) is 10.0 Å². The molecular weight excluding hydrogens is 738 g/mol. The fourth-order valence-corrected chi connectivity index (χ4v) is 6.63. The van der Waals surface area contributed by atoms with Crippen LogP contribution in [0.15, 0.2) is 72.9 Å². The number of methoxy groups -OCH3 is 1. The lowest BCUT2D eigenvalue weighted by molar-refractivity contribution is 0.0428. The molecule has 3 aromatic carbocycles. The Hall–Kier alpha value is -4.50. The van der Waals surface area contributed by atoms with Crippen LogP contribution < -0.4 is 15.0 Å². The molecule has 0 aliphatic carbocycles. The summed E-state index contributed by atoms with van der Waals surface area (Å²) in [4.78, 5) is 28.7. The predicted molar refractivity (Wildman–Crippen MR) is 199 cm³/mol. The van der Waals surface area contributed by atoms with E-state index >= 15 is 8.78 Å². The van der Waals surface area contributed by atoms with Crippen molar-refractivity contribution in [2.75, 3.05) is 61.7 Å². The summed E-state index contributed by atoms with van der Waals surface area (Å²) >= 11 is 3.50. The lowest BCUT2D eigenvalue weighted by Gasteiger charge is -2.37. The lowest BCUT2D eigenvalue weighted by atomic mass is 9.99. The van der Waals surface area contributed by atoms with Gasteiger partial charge < -0.3 is 15.0 Å². The number of hydrogen-bond acceptors (Lipinski definition) is 9. The number of alkyl halides is 2. The van der Waals surface area contributed by atoms with Crippen LogP contribution in [-0.2, 0) is 15.9 Å². The van der Waals surface area contributed by atoms with Crippen LogP contribution in [0.2, 0.25) is 0 Å². The van der Waals surface area contributed by atoms with Crippen LogP contribution in [0.3, 0.4) is 0 Å². The Morgan fingerprint density at radius 3 is 2.08 bits per heavy atom. The smallest absolute Gasteiger partial charge is 0.298 e. The summed E-state index contributed by atoms with van der Waals surface area (Å²) in [6.07, 6.45) is 10.5. The second-order valence-electron chi connectivity index (χ2n) is 11.7. The Bertz CT molecular complexity index is 2050. The quantitative estimate of drug-likeness (QED) is 0.236. The van der Waals surface area contributed by atoms with Crippen LogP contribution in [0, 0.1) is 17.1 Å². The molecule has 3 heterocycles. The Labute approximate surface area is 309 Å². The SMILES string of the molecule is COc1ccc(C(=O)Nc2cnn3c2C(=O)N(c2ccc(C(F)(F)c4ccc(F)cc4)cc2)[C@H]2CN(S(C)(=O)=O)C[C@@H]23)cc1C#N.CSC.CSC. The van der Waals surface area contributed by atoms with Crippen LogP contribution in [0.1, 0.15) is 43.6 Å². The average Bonchev–Trinajstić information content (AvgIpc) is 3.75. The van der Waals surface area contributed by atoms with Crippen molar-refractivity contribution in [1.29, 1.82) is 5.26 Å². The molecule has 276 valence electrons. The first-order valence-electron chi connectivity index (χ1n) is 15.5. The summed E-state index contributed by atoms with van der Waals surface area (Å²) in [7, 11) is -2.30. The summed E-state index contributed by atoms with van der Waals surface area (Å²) in [5, 5.41) is 16.4. The largest absolute Gasteiger partial charge is 0.495 e. The zero-order chi connectivity index (χ0) is 38.4. The minimum Gasteiger partial charge on any atom is -0.495 e. The number of nitriles is 1. The van der Waals surface area contributed by atoms with Crippen LogP contribution in [0.25, 0.3) is 0 Å². The van der Waals surface area contributed by atoms with Crippen molar-refractivity contribution in [3.05, 3.63) is 107 Å². The van der Waals surface area contributed by atoms with Gasteiger partial charge in [-0.2, -0.15) is 47.0 Å². The minimum absolute atomic E-state index is 0.0277. The molecule has 1 aromatic heterocycles. The highest BCUT2D eigenvalue weighted by Gasteiger charge is 2.50. The second-order valence-corrected chi connectivity index (χ2v) is 15.3. The van der Waals surface area contributed by atoms with Gasteiger partial charge in [-0.15, -0.1) is 0 Å². The van der Waals surface area contributed by atoms with Gasteiger partial charge in [-0.3, -0.25) is 14.3 Å². The molecule has 0 unspecified atom stereocenters. The molecule has 0 radical (unpaired) electrons. The number of nitrogens with zero attached hydrogens (tertiary/aromatic N) is 5. The van der Waals surface area contributed by atoms with Gasteiger partial charge in [-0.1, -0.05) is 12.1 Å². The number of nitrogens with one attached hydrogen (secondary N) is 1. The highest BCUT2D eigenvalue weighted by Crippen LogP contribution is 2.41. The standard InChI is InChI=1S/C31H25F3N6O5S.2C2H6S/c1-45-27-12-3-18(13-19(27)14-35)29(41)37-24-15-36-40-26-17-38(46(2,43)44)16-25(26)39(30(42)28(24)40)23-10-6-21(7-11-23)31(33,34)20-4-8-22(32)9-5-20;2*1-3-2/h3-13,15,25-26H,16-17H2,1-2H3,(H,37,41);2*1-2H3/t25-,26-;;/m0../s1. The first kappa shape index (κ1) is 40.3. The second kappa shape index (κ2) is 16.9. The summed E-state index contributed by atoms with van der Waals surface area (Å²) < 4.78 is 76.6. The van der Waals surface area contributed by atoms with Gasteiger partial charge in [0.1, 0.15) is 17.6 Å². The number of ether oxygens (including phenoxy) is 1. The van der Waals surface area contributed by atoms with Crippen LogP contribution >= 0.6 is 23.5 Å². The van der Waals surface area contributed by atoms with Gasteiger partial charge in [0, 0.05) is 35.5 Å². The van der Waals surface area contributed by atoms with E-state index in [0.29, 0.717) is 0 Å². The minimum atomic E-state index is -3.68. The van der Waals surface area contributed by atoms with E-state index in [9.17, 15) is 27.7 Å². The number of thioether (sulfide) groups is 2. The fraction of sp³-hybridized carbons (Fsp3) is 0.314. The molecular formula is C35H37F3N6O5S3. The lowest BCUT2D eigenvalue weighted by Crippen LogP contribution is -2.51. The number of carbonyl (C=O) groups excluding carboxylic acids is 2. The first-order valence-corrected chi connectivity index (χ1v) is 20.6. The van der Waals surface area contributed by atoms with Crippen molar-refractivity contribution >= 4 is 56.7 Å². The molecule has 17 heteroatoms. The summed E-state index contributed by atoms with van der Waals surface area (Å²) in [5.41, 5.74) is -0.382. The number of hydrogen-bond donors (Lipinski definition) is 1. The Morgan fingerprint density at radius 1 is 0.981 bits per heavy atom. The highest BCUT2D eigenvalue weighted by molar-refractivity contribution is 7.98. The van der Waals surface area contributed by atoms with E-state index < -0.39 is 56.8 Å². The molecule has 0 bridgehead atoms. The highest BCUT2D eigenvalue weighted by atomic mass is 32.2. The monoisotopic (exact) mass is 774 g/mol. The molecule has 4 aromatic rings. The molecule has 0 saturated carbocycles. The summed E-state index contributed by atoms with van der Waals surface area (Å²) in [6.45, 7) is -0.105. The topological polar surface area (TPSA) is 138 Å². The molecule has 2 aliphatic rings. The van der Waals surface area contributed by atoms with Gasteiger partial charge >= 0.3 is 0 Å². The first-order chi connectivity index (χ1) is 24.7. The number of fused-ring (bicyclic) bond motifs is 3. The van der Waals surface area contributed by atoms with E-state index in [1.807, 2.05) is 31.1 Å². The van der Waals surface area contributed by atoms with E-state index in [2.05, 4.69) is 10.4 Å². The third-order valence-electron chi connectivity index (χ3n) is 8.10. The van der Waals surface area contributed by atoms with Crippen molar-refractivity contribution < 1.29 is 35.9 Å². The molecule has 6 rings (SSSR count). The van der Waals surface area contributed by atoms with Gasteiger partial charge in [0.25, 0.3) is 17.7 Å². The number of halogens is 3. The van der Waals surface area contributed by atoms with Gasteiger partial charge in [0.15, 0.2) is 5.69 Å². The van der Waals surface area contributed by atoms with Crippen LogP contribution in [0.4, 0.5) is 24.5 Å². The van der Waals surface area contributed by atoms with Crippen molar-refractivity contribution in [3.8, 4) is 11.8 Å². The Kier molecular flexibility index (Phi) is 13.1. The molecule has 1 saturated heterocycles. The Morgan fingerprint density at radius 2 is 1.54 bits per heavy atom. The van der Waals surface area contributed by atoms with Crippen molar-refractivity contribution in [2.24, 2.45) is 0 Å². The number of sulfonamides is 1. The molecule has 1 N–H and O–H groups in total. The molecule has 2 amide bonds. The molecule has 1 fully saturated rings. The Balaban J connectivity index is 0.000000944. The molecule has 52 heavy (non-hydrogen) atoms. The van der Waals surface area contributed by atoms with Gasteiger partial charge in [-0.05, 0) is 79.6 Å².